The average molecular weight is 363 g/mol. The van der Waals surface area contributed by atoms with Crippen LogP contribution in [0.5, 0.6) is 0 Å². The van der Waals surface area contributed by atoms with E-state index in [2.05, 4.69) is 54.1 Å². The summed E-state index contributed by atoms with van der Waals surface area (Å²) in [5, 5.41) is 14.7. The van der Waals surface area contributed by atoms with Crippen molar-refractivity contribution in [3.05, 3.63) is 65.4 Å². The highest BCUT2D eigenvalue weighted by molar-refractivity contribution is 5.86. The summed E-state index contributed by atoms with van der Waals surface area (Å²) in [6.45, 7) is 6.22. The van der Waals surface area contributed by atoms with Gasteiger partial charge in [-0.05, 0) is 37.6 Å². The van der Waals surface area contributed by atoms with E-state index in [4.69, 9.17) is 0 Å². The highest BCUT2D eigenvalue weighted by Crippen LogP contribution is 2.32. The molecule has 0 spiro atoms. The average Bonchev–Trinajstić information content (AvgIpc) is 3.07. The number of nitrogens with zero attached hydrogens (tertiary/aromatic N) is 1. The first-order valence-electron chi connectivity index (χ1n) is 9.62. The second kappa shape index (κ2) is 7.08. The predicted octanol–water partition coefficient (Wildman–Crippen LogP) is 1.34. The third-order valence-electron chi connectivity index (χ3n) is 5.69. The molecule has 0 aliphatic carbocycles. The Kier molecular flexibility index (Phi) is 4.62. The van der Waals surface area contributed by atoms with E-state index < -0.39 is 12.0 Å². The van der Waals surface area contributed by atoms with E-state index >= 15 is 0 Å². The van der Waals surface area contributed by atoms with Crippen LogP contribution in [0.4, 0.5) is 5.69 Å². The van der Waals surface area contributed by atoms with Crippen LogP contribution in [0, 0.1) is 0 Å². The molecule has 1 aliphatic rings. The van der Waals surface area contributed by atoms with Crippen LogP contribution >= 0.6 is 0 Å². The van der Waals surface area contributed by atoms with Crippen molar-refractivity contribution in [1.82, 2.24) is 4.98 Å². The standard InChI is InChI=1S/C22H25N3O2/c1-3-25(4-2)15-11-9-14(10-12-15)20-21-17(13-19(24-20)22(26)27)16-7-5-6-8-18(16)23-21/h5-12,19-20,23-24H,3-4,13H2,1-2H3,(H,26,27)/t19-,20+/m1/s1. The van der Waals surface area contributed by atoms with Gasteiger partial charge in [-0.2, -0.15) is 0 Å². The fourth-order valence-corrected chi connectivity index (χ4v) is 4.24. The minimum absolute atomic E-state index is 0.0743. The lowest BCUT2D eigenvalue weighted by atomic mass is 9.90. The van der Waals surface area contributed by atoms with Gasteiger partial charge in [0.1, 0.15) is 6.04 Å². The van der Waals surface area contributed by atoms with Crippen LogP contribution < -0.4 is 15.3 Å². The number of hydrogen-bond donors (Lipinski definition) is 2. The van der Waals surface area contributed by atoms with Crippen molar-refractivity contribution in [1.29, 1.82) is 0 Å². The molecule has 0 saturated carbocycles. The van der Waals surface area contributed by atoms with E-state index in [0.29, 0.717) is 6.42 Å². The quantitative estimate of drug-likeness (QED) is 0.718. The van der Waals surface area contributed by atoms with Gasteiger partial charge in [0.2, 0.25) is 0 Å². The Morgan fingerprint density at radius 2 is 1.85 bits per heavy atom. The summed E-state index contributed by atoms with van der Waals surface area (Å²) in [6, 6.07) is 15.9. The van der Waals surface area contributed by atoms with Gasteiger partial charge < -0.3 is 25.1 Å². The predicted molar refractivity (Wildman–Crippen MR) is 105 cm³/mol. The third kappa shape index (κ3) is 3.08. The minimum Gasteiger partial charge on any atom is -0.544 e. The molecule has 2 aromatic carbocycles. The molecule has 5 heteroatoms. The molecule has 3 aromatic rings. The number of para-hydroxylation sites is 1. The first-order chi connectivity index (χ1) is 13.1. The molecule has 2 atom stereocenters. The number of quaternary nitrogens is 1. The number of carboxylic acids is 1. The SMILES string of the molecule is CCN(CC)c1ccc([C@@H]2[NH2+][C@@H](C(=O)[O-])Cc3c2[nH]c2ccccc32)cc1. The zero-order valence-corrected chi connectivity index (χ0v) is 15.7. The van der Waals surface area contributed by atoms with Crippen molar-refractivity contribution < 1.29 is 15.2 Å². The van der Waals surface area contributed by atoms with E-state index in [-0.39, 0.29) is 6.04 Å². The highest BCUT2D eigenvalue weighted by Gasteiger charge is 2.34. The van der Waals surface area contributed by atoms with Crippen LogP contribution in [0.15, 0.2) is 48.5 Å². The number of carbonyl (C=O) groups excluding carboxylic acids is 1. The number of nitrogens with two attached hydrogens (primary N) is 1. The van der Waals surface area contributed by atoms with Crippen molar-refractivity contribution in [2.24, 2.45) is 0 Å². The fourth-order valence-electron chi connectivity index (χ4n) is 4.24. The van der Waals surface area contributed by atoms with Gasteiger partial charge in [0, 0.05) is 41.7 Å². The summed E-state index contributed by atoms with van der Waals surface area (Å²) < 4.78 is 0. The maximum Gasteiger partial charge on any atom is 0.153 e. The van der Waals surface area contributed by atoms with Crippen molar-refractivity contribution in [2.75, 3.05) is 18.0 Å². The number of aromatic nitrogens is 1. The molecule has 0 amide bonds. The molecule has 4 rings (SSSR count). The Bertz CT molecular complexity index is 957. The minimum atomic E-state index is -1.00. The molecular formula is C22H25N3O2. The second-order valence-corrected chi connectivity index (χ2v) is 7.13. The summed E-state index contributed by atoms with van der Waals surface area (Å²) >= 11 is 0. The highest BCUT2D eigenvalue weighted by atomic mass is 16.4. The maximum absolute atomic E-state index is 11.7. The van der Waals surface area contributed by atoms with Crippen LogP contribution in [0.1, 0.15) is 36.7 Å². The summed E-state index contributed by atoms with van der Waals surface area (Å²) in [7, 11) is 0. The zero-order chi connectivity index (χ0) is 19.0. The van der Waals surface area contributed by atoms with Gasteiger partial charge in [-0.15, -0.1) is 0 Å². The number of carbonyl (C=O) groups is 1. The number of aromatic amines is 1. The van der Waals surface area contributed by atoms with E-state index in [9.17, 15) is 9.90 Å². The van der Waals surface area contributed by atoms with Crippen molar-refractivity contribution in [3.8, 4) is 0 Å². The molecular weight excluding hydrogens is 338 g/mol. The van der Waals surface area contributed by atoms with Crippen molar-refractivity contribution in [2.45, 2.75) is 32.4 Å². The van der Waals surface area contributed by atoms with Crippen LogP contribution in [0.2, 0.25) is 0 Å². The Balaban J connectivity index is 1.77. The number of aliphatic carboxylic acids is 1. The van der Waals surface area contributed by atoms with E-state index in [0.717, 1.165) is 40.8 Å². The molecule has 140 valence electrons. The third-order valence-corrected chi connectivity index (χ3v) is 5.69. The normalized spacial score (nSPS) is 19.0. The lowest BCUT2D eigenvalue weighted by Gasteiger charge is -2.29. The van der Waals surface area contributed by atoms with Gasteiger partial charge in [0.05, 0.1) is 11.7 Å². The fraction of sp³-hybridized carbons (Fsp3) is 0.318. The monoisotopic (exact) mass is 363 g/mol. The van der Waals surface area contributed by atoms with E-state index in [1.807, 2.05) is 23.5 Å². The van der Waals surface area contributed by atoms with Gasteiger partial charge >= 0.3 is 0 Å². The smallest absolute Gasteiger partial charge is 0.153 e. The number of benzene rings is 2. The van der Waals surface area contributed by atoms with Crippen molar-refractivity contribution >= 4 is 22.6 Å². The number of rotatable bonds is 5. The molecule has 5 nitrogen and oxygen atoms in total. The molecule has 0 unspecified atom stereocenters. The lowest BCUT2D eigenvalue weighted by molar-refractivity contribution is -0.717. The number of carboxylic acid groups (broad SMARTS) is 1. The summed E-state index contributed by atoms with van der Waals surface area (Å²) in [4.78, 5) is 17.5. The van der Waals surface area contributed by atoms with Crippen LogP contribution in [0.3, 0.4) is 0 Å². The molecule has 0 radical (unpaired) electrons. The Morgan fingerprint density at radius 1 is 1.15 bits per heavy atom. The van der Waals surface area contributed by atoms with Gasteiger partial charge in [-0.1, -0.05) is 30.3 Å². The lowest BCUT2D eigenvalue weighted by Crippen LogP contribution is -2.95. The Morgan fingerprint density at radius 3 is 2.52 bits per heavy atom. The molecule has 1 aliphatic heterocycles. The zero-order valence-electron chi connectivity index (χ0n) is 15.7. The first-order valence-corrected chi connectivity index (χ1v) is 9.62. The molecule has 0 bridgehead atoms. The number of hydrogen-bond acceptors (Lipinski definition) is 3. The van der Waals surface area contributed by atoms with Crippen LogP contribution in [0.25, 0.3) is 10.9 Å². The largest absolute Gasteiger partial charge is 0.544 e. The van der Waals surface area contributed by atoms with Gasteiger partial charge in [0.15, 0.2) is 6.04 Å². The Hall–Kier alpha value is -2.79. The molecule has 0 saturated heterocycles. The first kappa shape index (κ1) is 17.6. The molecule has 3 N–H and O–H groups in total. The van der Waals surface area contributed by atoms with Gasteiger partial charge in [-0.3, -0.25) is 0 Å². The van der Waals surface area contributed by atoms with Gasteiger partial charge in [0.25, 0.3) is 0 Å². The second-order valence-electron chi connectivity index (χ2n) is 7.13. The van der Waals surface area contributed by atoms with Gasteiger partial charge in [-0.25, -0.2) is 0 Å². The topological polar surface area (TPSA) is 75.8 Å². The summed E-state index contributed by atoms with van der Waals surface area (Å²) in [5.41, 5.74) is 5.54. The number of fused-ring (bicyclic) bond motifs is 3. The molecule has 2 heterocycles. The van der Waals surface area contributed by atoms with E-state index in [1.165, 1.54) is 5.69 Å². The van der Waals surface area contributed by atoms with Crippen LogP contribution in [-0.4, -0.2) is 30.1 Å². The maximum atomic E-state index is 11.7. The Labute approximate surface area is 159 Å². The number of anilines is 1. The molecule has 27 heavy (non-hydrogen) atoms. The summed E-state index contributed by atoms with van der Waals surface area (Å²) in [5.74, 6) is -1.00. The van der Waals surface area contributed by atoms with Crippen LogP contribution in [-0.2, 0) is 11.2 Å². The number of nitrogens with one attached hydrogen (secondary N) is 1. The number of H-pyrrole nitrogens is 1. The molecule has 0 fully saturated rings. The van der Waals surface area contributed by atoms with E-state index in [1.54, 1.807) is 0 Å². The molecule has 1 aromatic heterocycles. The van der Waals surface area contributed by atoms with Crippen molar-refractivity contribution in [3.63, 3.8) is 0 Å². The summed E-state index contributed by atoms with van der Waals surface area (Å²) in [6.07, 6.45) is 0.482.